The third-order valence-electron chi connectivity index (χ3n) is 2.63. The molecule has 2 aromatic carbocycles. The second-order valence-electron chi connectivity index (χ2n) is 3.98. The summed E-state index contributed by atoms with van der Waals surface area (Å²) >= 11 is 5.69. The summed E-state index contributed by atoms with van der Waals surface area (Å²) in [7, 11) is 0. The van der Waals surface area contributed by atoms with Crippen molar-refractivity contribution in [3.05, 3.63) is 58.9 Å². The van der Waals surface area contributed by atoms with Gasteiger partial charge in [0.15, 0.2) is 11.6 Å². The van der Waals surface area contributed by atoms with Gasteiger partial charge in [-0.2, -0.15) is 0 Å². The van der Waals surface area contributed by atoms with Crippen molar-refractivity contribution in [2.45, 2.75) is 13.0 Å². The number of hydrogen-bond acceptors (Lipinski definition) is 2. The minimum Gasteiger partial charge on any atom is -0.483 e. The third kappa shape index (κ3) is 2.74. The molecule has 0 amide bonds. The molecule has 1 unspecified atom stereocenters. The highest BCUT2D eigenvalue weighted by atomic mass is 35.5. The van der Waals surface area contributed by atoms with Gasteiger partial charge in [-0.15, -0.1) is 0 Å². The standard InChI is InChI=1S/C14H13ClFNO/c1-9(10-5-7-11(17)8-6-10)18-13-4-2-3-12(15)14(13)16/h2-9H,17H2,1H3. The van der Waals surface area contributed by atoms with Crippen molar-refractivity contribution >= 4 is 17.3 Å². The van der Waals surface area contributed by atoms with E-state index in [0.29, 0.717) is 5.69 Å². The smallest absolute Gasteiger partial charge is 0.183 e. The predicted molar refractivity (Wildman–Crippen MR) is 71.3 cm³/mol. The average Bonchev–Trinajstić information content (AvgIpc) is 2.36. The molecule has 0 saturated carbocycles. The van der Waals surface area contributed by atoms with Gasteiger partial charge in [-0.1, -0.05) is 29.8 Å². The number of nitrogen functional groups attached to an aromatic ring is 1. The Kier molecular flexibility index (Phi) is 3.72. The topological polar surface area (TPSA) is 35.2 Å². The first kappa shape index (κ1) is 12.7. The molecule has 0 heterocycles. The van der Waals surface area contributed by atoms with E-state index in [1.807, 2.05) is 19.1 Å². The van der Waals surface area contributed by atoms with Crippen LogP contribution < -0.4 is 10.5 Å². The fourth-order valence-electron chi connectivity index (χ4n) is 1.60. The van der Waals surface area contributed by atoms with Crippen LogP contribution in [0.3, 0.4) is 0 Å². The molecule has 0 spiro atoms. The minimum absolute atomic E-state index is 0.0528. The number of anilines is 1. The molecular weight excluding hydrogens is 253 g/mol. The van der Waals surface area contributed by atoms with Crippen molar-refractivity contribution in [1.82, 2.24) is 0 Å². The van der Waals surface area contributed by atoms with Crippen molar-refractivity contribution in [1.29, 1.82) is 0 Å². The Bertz CT molecular complexity index is 542. The van der Waals surface area contributed by atoms with E-state index in [2.05, 4.69) is 0 Å². The summed E-state index contributed by atoms with van der Waals surface area (Å²) in [5, 5.41) is 0.0528. The first-order valence-electron chi connectivity index (χ1n) is 5.54. The molecule has 94 valence electrons. The summed E-state index contributed by atoms with van der Waals surface area (Å²) in [4.78, 5) is 0. The minimum atomic E-state index is -0.540. The second kappa shape index (κ2) is 5.27. The molecule has 18 heavy (non-hydrogen) atoms. The van der Waals surface area contributed by atoms with Gasteiger partial charge < -0.3 is 10.5 Å². The Morgan fingerprint density at radius 3 is 2.50 bits per heavy atom. The Labute approximate surface area is 110 Å². The highest BCUT2D eigenvalue weighted by Crippen LogP contribution is 2.28. The van der Waals surface area contributed by atoms with Crippen LogP contribution in [0.15, 0.2) is 42.5 Å². The number of benzene rings is 2. The summed E-state index contributed by atoms with van der Waals surface area (Å²) in [5.74, 6) is -0.395. The molecule has 2 aromatic rings. The number of halogens is 2. The van der Waals surface area contributed by atoms with E-state index in [0.717, 1.165) is 5.56 Å². The van der Waals surface area contributed by atoms with Crippen LogP contribution in [0.1, 0.15) is 18.6 Å². The van der Waals surface area contributed by atoms with E-state index in [-0.39, 0.29) is 16.9 Å². The Hall–Kier alpha value is -1.74. The molecule has 4 heteroatoms. The quantitative estimate of drug-likeness (QED) is 0.844. The van der Waals surface area contributed by atoms with Crippen LogP contribution in [0.4, 0.5) is 10.1 Å². The molecule has 1 atom stereocenters. The van der Waals surface area contributed by atoms with E-state index in [1.54, 1.807) is 24.3 Å². The van der Waals surface area contributed by atoms with Gasteiger partial charge in [-0.25, -0.2) is 4.39 Å². The molecule has 0 saturated heterocycles. The van der Waals surface area contributed by atoms with E-state index < -0.39 is 5.82 Å². The molecule has 0 bridgehead atoms. The molecular formula is C14H13ClFNO. The van der Waals surface area contributed by atoms with Crippen LogP contribution in [0.5, 0.6) is 5.75 Å². The number of nitrogens with two attached hydrogens (primary N) is 1. The first-order chi connectivity index (χ1) is 8.58. The predicted octanol–water partition coefficient (Wildman–Crippen LogP) is 4.20. The van der Waals surface area contributed by atoms with Gasteiger partial charge >= 0.3 is 0 Å². The van der Waals surface area contributed by atoms with E-state index in [9.17, 15) is 4.39 Å². The van der Waals surface area contributed by atoms with Crippen LogP contribution in [-0.4, -0.2) is 0 Å². The Morgan fingerprint density at radius 2 is 1.83 bits per heavy atom. The van der Waals surface area contributed by atoms with Gasteiger partial charge in [0.05, 0.1) is 5.02 Å². The van der Waals surface area contributed by atoms with Crippen LogP contribution in [0.2, 0.25) is 5.02 Å². The highest BCUT2D eigenvalue weighted by Gasteiger charge is 2.12. The molecule has 0 fully saturated rings. The zero-order valence-corrected chi connectivity index (χ0v) is 10.6. The molecule has 0 aliphatic rings. The van der Waals surface area contributed by atoms with Crippen molar-refractivity contribution in [2.24, 2.45) is 0 Å². The van der Waals surface area contributed by atoms with Crippen LogP contribution in [-0.2, 0) is 0 Å². The SMILES string of the molecule is CC(Oc1cccc(Cl)c1F)c1ccc(N)cc1. The lowest BCUT2D eigenvalue weighted by Crippen LogP contribution is -2.04. The van der Waals surface area contributed by atoms with Crippen LogP contribution in [0.25, 0.3) is 0 Å². The zero-order valence-electron chi connectivity index (χ0n) is 9.86. The molecule has 0 aromatic heterocycles. The molecule has 2 nitrogen and oxygen atoms in total. The normalized spacial score (nSPS) is 12.2. The summed E-state index contributed by atoms with van der Waals surface area (Å²) in [5.41, 5.74) is 7.21. The van der Waals surface area contributed by atoms with Gasteiger partial charge in [-0.05, 0) is 36.8 Å². The number of hydrogen-bond donors (Lipinski definition) is 1. The van der Waals surface area contributed by atoms with E-state index >= 15 is 0 Å². The maximum absolute atomic E-state index is 13.7. The third-order valence-corrected chi connectivity index (χ3v) is 2.92. The van der Waals surface area contributed by atoms with Gasteiger partial charge in [0.1, 0.15) is 6.10 Å². The van der Waals surface area contributed by atoms with Crippen molar-refractivity contribution in [3.8, 4) is 5.75 Å². The summed E-state index contributed by atoms with van der Waals surface area (Å²) < 4.78 is 19.2. The van der Waals surface area contributed by atoms with Gasteiger partial charge in [-0.3, -0.25) is 0 Å². The maximum atomic E-state index is 13.7. The van der Waals surface area contributed by atoms with Crippen LogP contribution >= 0.6 is 11.6 Å². The van der Waals surface area contributed by atoms with Gasteiger partial charge in [0.25, 0.3) is 0 Å². The summed E-state index contributed by atoms with van der Waals surface area (Å²) in [6.07, 6.45) is -0.279. The fourth-order valence-corrected chi connectivity index (χ4v) is 1.77. The van der Waals surface area contributed by atoms with E-state index in [1.165, 1.54) is 6.07 Å². The lowest BCUT2D eigenvalue weighted by molar-refractivity contribution is 0.216. The van der Waals surface area contributed by atoms with E-state index in [4.69, 9.17) is 22.1 Å². The van der Waals surface area contributed by atoms with Crippen molar-refractivity contribution in [2.75, 3.05) is 5.73 Å². The average molecular weight is 266 g/mol. The number of rotatable bonds is 3. The van der Waals surface area contributed by atoms with Gasteiger partial charge in [0.2, 0.25) is 0 Å². The first-order valence-corrected chi connectivity index (χ1v) is 5.92. The molecule has 0 aliphatic carbocycles. The Balaban J connectivity index is 2.18. The second-order valence-corrected chi connectivity index (χ2v) is 4.39. The Morgan fingerprint density at radius 1 is 1.17 bits per heavy atom. The monoisotopic (exact) mass is 265 g/mol. The molecule has 0 aliphatic heterocycles. The van der Waals surface area contributed by atoms with Crippen molar-refractivity contribution < 1.29 is 9.13 Å². The lowest BCUT2D eigenvalue weighted by Gasteiger charge is -2.16. The van der Waals surface area contributed by atoms with Gasteiger partial charge in [0, 0.05) is 5.69 Å². The largest absolute Gasteiger partial charge is 0.483 e. The fraction of sp³-hybridized carbons (Fsp3) is 0.143. The lowest BCUT2D eigenvalue weighted by atomic mass is 10.1. The van der Waals surface area contributed by atoms with Crippen LogP contribution in [0, 0.1) is 5.82 Å². The molecule has 2 N–H and O–H groups in total. The molecule has 2 rings (SSSR count). The summed E-state index contributed by atoms with van der Waals surface area (Å²) in [6.45, 7) is 1.84. The summed E-state index contributed by atoms with van der Waals surface area (Å²) in [6, 6.07) is 11.9. The maximum Gasteiger partial charge on any atom is 0.183 e. The zero-order chi connectivity index (χ0) is 13.1. The molecule has 0 radical (unpaired) electrons. The van der Waals surface area contributed by atoms with Crippen molar-refractivity contribution in [3.63, 3.8) is 0 Å². The highest BCUT2D eigenvalue weighted by molar-refractivity contribution is 6.30. The number of ether oxygens (including phenoxy) is 1.